The van der Waals surface area contributed by atoms with Gasteiger partial charge in [-0.3, -0.25) is 0 Å². The Balaban J connectivity index is 1.73. The highest BCUT2D eigenvalue weighted by molar-refractivity contribution is 5.14. The highest BCUT2D eigenvalue weighted by Gasteiger charge is 2.41. The summed E-state index contributed by atoms with van der Waals surface area (Å²) in [6.45, 7) is 2.94. The first-order valence-corrected chi connectivity index (χ1v) is 5.98. The number of nitrogens with zero attached hydrogens (tertiary/aromatic N) is 2. The molecule has 4 nitrogen and oxygen atoms in total. The predicted octanol–water partition coefficient (Wildman–Crippen LogP) is 1.10. The standard InChI is InChI=1S/C12H17N3O/c1-2-12(8-13-3-1)4-10(7-16-12)11-5-14-9-15-6-11/h5-6,9-10,13H,1-4,7-8H2/t10-,12+/m1/s1. The predicted molar refractivity (Wildman–Crippen MR) is 60.2 cm³/mol. The lowest BCUT2D eigenvalue weighted by atomic mass is 9.86. The molecule has 0 amide bonds. The van der Waals surface area contributed by atoms with Crippen LogP contribution in [-0.4, -0.2) is 35.3 Å². The molecule has 1 aromatic rings. The second-order valence-electron chi connectivity index (χ2n) is 4.85. The highest BCUT2D eigenvalue weighted by Crippen LogP contribution is 2.39. The van der Waals surface area contributed by atoms with Gasteiger partial charge in [0.15, 0.2) is 0 Å². The van der Waals surface area contributed by atoms with Crippen molar-refractivity contribution in [3.8, 4) is 0 Å². The molecule has 2 fully saturated rings. The second-order valence-corrected chi connectivity index (χ2v) is 4.85. The van der Waals surface area contributed by atoms with Crippen molar-refractivity contribution < 1.29 is 4.74 Å². The first-order valence-electron chi connectivity index (χ1n) is 5.98. The number of rotatable bonds is 1. The Morgan fingerprint density at radius 3 is 3.00 bits per heavy atom. The van der Waals surface area contributed by atoms with Gasteiger partial charge in [0.25, 0.3) is 0 Å². The number of piperidine rings is 1. The maximum atomic E-state index is 6.03. The van der Waals surface area contributed by atoms with Crippen LogP contribution in [0.4, 0.5) is 0 Å². The van der Waals surface area contributed by atoms with E-state index in [1.54, 1.807) is 6.33 Å². The Morgan fingerprint density at radius 1 is 1.38 bits per heavy atom. The number of nitrogens with one attached hydrogen (secondary N) is 1. The molecule has 86 valence electrons. The van der Waals surface area contributed by atoms with Gasteiger partial charge in [-0.15, -0.1) is 0 Å². The Hall–Kier alpha value is -1.00. The van der Waals surface area contributed by atoms with Gasteiger partial charge in [0.05, 0.1) is 12.2 Å². The molecule has 1 aromatic heterocycles. The van der Waals surface area contributed by atoms with Crippen molar-refractivity contribution in [1.29, 1.82) is 0 Å². The van der Waals surface area contributed by atoms with Gasteiger partial charge in [0.1, 0.15) is 6.33 Å². The molecule has 16 heavy (non-hydrogen) atoms. The van der Waals surface area contributed by atoms with Crippen molar-refractivity contribution in [2.45, 2.75) is 30.8 Å². The van der Waals surface area contributed by atoms with Gasteiger partial charge in [-0.05, 0) is 31.4 Å². The summed E-state index contributed by atoms with van der Waals surface area (Å²) in [7, 11) is 0. The lowest BCUT2D eigenvalue weighted by Gasteiger charge is -2.33. The van der Waals surface area contributed by atoms with Crippen LogP contribution in [-0.2, 0) is 4.74 Å². The van der Waals surface area contributed by atoms with E-state index in [0.29, 0.717) is 5.92 Å². The van der Waals surface area contributed by atoms with Crippen LogP contribution in [0.25, 0.3) is 0 Å². The van der Waals surface area contributed by atoms with Crippen LogP contribution in [0.5, 0.6) is 0 Å². The highest BCUT2D eigenvalue weighted by atomic mass is 16.5. The van der Waals surface area contributed by atoms with Crippen molar-refractivity contribution in [2.24, 2.45) is 0 Å². The van der Waals surface area contributed by atoms with Crippen molar-refractivity contribution in [2.75, 3.05) is 19.7 Å². The minimum Gasteiger partial charge on any atom is -0.373 e. The number of ether oxygens (including phenoxy) is 1. The number of hydrogen-bond donors (Lipinski definition) is 1. The van der Waals surface area contributed by atoms with Crippen molar-refractivity contribution in [3.05, 3.63) is 24.3 Å². The Labute approximate surface area is 95.4 Å². The fourth-order valence-electron chi connectivity index (χ4n) is 2.82. The van der Waals surface area contributed by atoms with Crippen LogP contribution in [0.3, 0.4) is 0 Å². The zero-order valence-corrected chi connectivity index (χ0v) is 9.35. The van der Waals surface area contributed by atoms with E-state index in [-0.39, 0.29) is 5.60 Å². The van der Waals surface area contributed by atoms with E-state index in [0.717, 1.165) is 26.1 Å². The molecular formula is C12H17N3O. The maximum Gasteiger partial charge on any atom is 0.115 e. The van der Waals surface area contributed by atoms with Gasteiger partial charge >= 0.3 is 0 Å². The molecule has 0 aromatic carbocycles. The molecule has 0 aliphatic carbocycles. The molecule has 2 aliphatic rings. The van der Waals surface area contributed by atoms with E-state index in [1.165, 1.54) is 18.4 Å². The summed E-state index contributed by atoms with van der Waals surface area (Å²) in [4.78, 5) is 8.16. The van der Waals surface area contributed by atoms with Gasteiger partial charge in [0, 0.05) is 24.9 Å². The minimum atomic E-state index is 0.0821. The summed E-state index contributed by atoms with van der Waals surface area (Å²) >= 11 is 0. The summed E-state index contributed by atoms with van der Waals surface area (Å²) in [5.74, 6) is 0.473. The van der Waals surface area contributed by atoms with Gasteiger partial charge in [-0.2, -0.15) is 0 Å². The molecule has 1 N–H and O–H groups in total. The van der Waals surface area contributed by atoms with Gasteiger partial charge in [-0.25, -0.2) is 9.97 Å². The smallest absolute Gasteiger partial charge is 0.115 e. The minimum absolute atomic E-state index is 0.0821. The quantitative estimate of drug-likeness (QED) is 0.768. The lowest BCUT2D eigenvalue weighted by molar-refractivity contribution is -0.0139. The summed E-state index contributed by atoms with van der Waals surface area (Å²) < 4.78 is 6.03. The second kappa shape index (κ2) is 4.11. The lowest BCUT2D eigenvalue weighted by Crippen LogP contribution is -2.45. The number of aromatic nitrogens is 2. The molecule has 3 rings (SSSR count). The molecule has 2 aliphatic heterocycles. The maximum absolute atomic E-state index is 6.03. The zero-order valence-electron chi connectivity index (χ0n) is 9.35. The normalized spacial score (nSPS) is 34.4. The summed E-state index contributed by atoms with van der Waals surface area (Å²) in [6.07, 6.45) is 8.92. The van der Waals surface area contributed by atoms with E-state index in [2.05, 4.69) is 15.3 Å². The molecule has 0 saturated carbocycles. The van der Waals surface area contributed by atoms with Crippen molar-refractivity contribution in [1.82, 2.24) is 15.3 Å². The Kier molecular flexibility index (Phi) is 2.61. The molecular weight excluding hydrogens is 202 g/mol. The van der Waals surface area contributed by atoms with E-state index in [9.17, 15) is 0 Å². The first-order chi connectivity index (χ1) is 7.88. The molecule has 2 atom stereocenters. The van der Waals surface area contributed by atoms with Crippen molar-refractivity contribution >= 4 is 0 Å². The summed E-state index contributed by atoms with van der Waals surface area (Å²) in [5.41, 5.74) is 1.30. The SMILES string of the molecule is c1ncc([C@H]2CO[C@@]3(CCCNC3)C2)cn1. The van der Waals surface area contributed by atoms with Crippen LogP contribution in [0.15, 0.2) is 18.7 Å². The number of hydrogen-bond acceptors (Lipinski definition) is 4. The molecule has 2 saturated heterocycles. The van der Waals surface area contributed by atoms with Crippen LogP contribution in [0.2, 0.25) is 0 Å². The van der Waals surface area contributed by atoms with E-state index in [4.69, 9.17) is 4.74 Å². The third-order valence-electron chi connectivity index (χ3n) is 3.69. The Morgan fingerprint density at radius 2 is 2.25 bits per heavy atom. The third kappa shape index (κ3) is 1.83. The van der Waals surface area contributed by atoms with E-state index < -0.39 is 0 Å². The monoisotopic (exact) mass is 219 g/mol. The summed E-state index contributed by atoms with van der Waals surface area (Å²) in [6, 6.07) is 0. The average Bonchev–Trinajstić information content (AvgIpc) is 2.75. The van der Waals surface area contributed by atoms with Gasteiger partial charge in [0.2, 0.25) is 0 Å². The van der Waals surface area contributed by atoms with Gasteiger partial charge < -0.3 is 10.1 Å². The first kappa shape index (κ1) is 10.2. The van der Waals surface area contributed by atoms with Crippen LogP contribution in [0.1, 0.15) is 30.7 Å². The largest absolute Gasteiger partial charge is 0.373 e. The van der Waals surface area contributed by atoms with E-state index >= 15 is 0 Å². The molecule has 0 radical (unpaired) electrons. The fourth-order valence-corrected chi connectivity index (χ4v) is 2.82. The van der Waals surface area contributed by atoms with Gasteiger partial charge in [-0.1, -0.05) is 0 Å². The molecule has 1 spiro atoms. The van der Waals surface area contributed by atoms with Crippen LogP contribution < -0.4 is 5.32 Å². The fraction of sp³-hybridized carbons (Fsp3) is 0.667. The van der Waals surface area contributed by atoms with Crippen LogP contribution >= 0.6 is 0 Å². The molecule has 0 unspecified atom stereocenters. The third-order valence-corrected chi connectivity index (χ3v) is 3.69. The molecule has 0 bridgehead atoms. The van der Waals surface area contributed by atoms with Crippen LogP contribution in [0, 0.1) is 0 Å². The average molecular weight is 219 g/mol. The zero-order chi connectivity index (χ0) is 10.8. The summed E-state index contributed by atoms with van der Waals surface area (Å²) in [5, 5.41) is 3.43. The topological polar surface area (TPSA) is 47.0 Å². The molecule has 4 heteroatoms. The molecule has 3 heterocycles. The van der Waals surface area contributed by atoms with Crippen molar-refractivity contribution in [3.63, 3.8) is 0 Å². The van der Waals surface area contributed by atoms with E-state index in [1.807, 2.05) is 12.4 Å². The Bertz CT molecular complexity index is 349.